The lowest BCUT2D eigenvalue weighted by atomic mass is 10.1. The fourth-order valence-electron chi connectivity index (χ4n) is 2.60. The second kappa shape index (κ2) is 7.17. The van der Waals surface area contributed by atoms with Crippen molar-refractivity contribution >= 4 is 22.6 Å². The van der Waals surface area contributed by atoms with E-state index in [0.717, 1.165) is 10.9 Å². The van der Waals surface area contributed by atoms with E-state index in [1.54, 1.807) is 51.9 Å². The molecular formula is C19H19NO5. The number of carbonyl (C=O) groups excluding carboxylic acids is 1. The van der Waals surface area contributed by atoms with E-state index in [9.17, 15) is 4.79 Å². The molecule has 3 aromatic rings. The molecule has 0 aliphatic rings. The van der Waals surface area contributed by atoms with Crippen LogP contribution in [0.5, 0.6) is 17.2 Å². The number of hydrogen-bond donors (Lipinski definition) is 1. The summed E-state index contributed by atoms with van der Waals surface area (Å²) >= 11 is 0. The number of hydrogen-bond acceptors (Lipinski definition) is 5. The van der Waals surface area contributed by atoms with Gasteiger partial charge in [-0.05, 0) is 24.3 Å². The minimum Gasteiger partial charge on any atom is -0.497 e. The van der Waals surface area contributed by atoms with Gasteiger partial charge in [0.1, 0.15) is 22.8 Å². The van der Waals surface area contributed by atoms with Crippen molar-refractivity contribution in [2.45, 2.75) is 6.42 Å². The van der Waals surface area contributed by atoms with Gasteiger partial charge in [-0.2, -0.15) is 0 Å². The Kier molecular flexibility index (Phi) is 4.79. The molecule has 0 spiro atoms. The fraction of sp³-hybridized carbons (Fsp3) is 0.211. The Hall–Kier alpha value is -3.15. The molecule has 130 valence electrons. The lowest BCUT2D eigenvalue weighted by Crippen LogP contribution is -2.14. The second-order valence-corrected chi connectivity index (χ2v) is 5.41. The van der Waals surface area contributed by atoms with Gasteiger partial charge in [0.15, 0.2) is 0 Å². The highest BCUT2D eigenvalue weighted by atomic mass is 16.5. The average molecular weight is 341 g/mol. The van der Waals surface area contributed by atoms with Gasteiger partial charge >= 0.3 is 0 Å². The summed E-state index contributed by atoms with van der Waals surface area (Å²) in [5, 5.41) is 3.74. The van der Waals surface area contributed by atoms with Crippen LogP contribution in [-0.2, 0) is 11.2 Å². The van der Waals surface area contributed by atoms with Crippen molar-refractivity contribution in [2.24, 2.45) is 0 Å². The second-order valence-electron chi connectivity index (χ2n) is 5.41. The maximum atomic E-state index is 12.4. The predicted octanol–water partition coefficient (Wildman–Crippen LogP) is 3.64. The highest BCUT2D eigenvalue weighted by Gasteiger charge is 2.13. The number of ether oxygens (including phenoxy) is 3. The highest BCUT2D eigenvalue weighted by Crippen LogP contribution is 2.30. The molecule has 0 fully saturated rings. The lowest BCUT2D eigenvalue weighted by molar-refractivity contribution is -0.115. The third kappa shape index (κ3) is 3.52. The van der Waals surface area contributed by atoms with Gasteiger partial charge in [0.25, 0.3) is 0 Å². The van der Waals surface area contributed by atoms with Crippen molar-refractivity contribution < 1.29 is 23.4 Å². The number of amides is 1. The number of anilines is 1. The van der Waals surface area contributed by atoms with Crippen molar-refractivity contribution in [2.75, 3.05) is 26.6 Å². The Morgan fingerprint density at radius 1 is 1.00 bits per heavy atom. The quantitative estimate of drug-likeness (QED) is 0.741. The number of carbonyl (C=O) groups is 1. The van der Waals surface area contributed by atoms with Crippen LogP contribution in [0, 0.1) is 0 Å². The van der Waals surface area contributed by atoms with E-state index >= 15 is 0 Å². The summed E-state index contributed by atoms with van der Waals surface area (Å²) < 4.78 is 21.1. The topological polar surface area (TPSA) is 69.9 Å². The summed E-state index contributed by atoms with van der Waals surface area (Å²) in [6.45, 7) is 0. The molecule has 6 nitrogen and oxygen atoms in total. The number of benzene rings is 2. The molecule has 0 radical (unpaired) electrons. The highest BCUT2D eigenvalue weighted by molar-refractivity contribution is 5.96. The van der Waals surface area contributed by atoms with Crippen molar-refractivity contribution in [1.82, 2.24) is 0 Å². The molecule has 1 aromatic heterocycles. The molecule has 1 amide bonds. The van der Waals surface area contributed by atoms with Crippen LogP contribution in [0.25, 0.3) is 11.0 Å². The summed E-state index contributed by atoms with van der Waals surface area (Å²) in [5.74, 6) is 1.74. The lowest BCUT2D eigenvalue weighted by Gasteiger charge is -2.11. The van der Waals surface area contributed by atoms with Crippen LogP contribution in [0.3, 0.4) is 0 Å². The number of rotatable bonds is 6. The summed E-state index contributed by atoms with van der Waals surface area (Å²) in [7, 11) is 4.72. The third-order valence-corrected chi connectivity index (χ3v) is 3.90. The first kappa shape index (κ1) is 16.7. The Bertz CT molecular complexity index is 900. The average Bonchev–Trinajstić information content (AvgIpc) is 3.03. The van der Waals surface area contributed by atoms with Gasteiger partial charge in [0.2, 0.25) is 5.91 Å². The predicted molar refractivity (Wildman–Crippen MR) is 94.6 cm³/mol. The van der Waals surface area contributed by atoms with E-state index < -0.39 is 0 Å². The Morgan fingerprint density at radius 2 is 1.72 bits per heavy atom. The van der Waals surface area contributed by atoms with Crippen LogP contribution in [0.15, 0.2) is 47.1 Å². The molecule has 3 rings (SSSR count). The number of nitrogens with one attached hydrogen (secondary N) is 1. The van der Waals surface area contributed by atoms with Crippen molar-refractivity contribution in [3.63, 3.8) is 0 Å². The normalized spacial score (nSPS) is 10.5. The maximum Gasteiger partial charge on any atom is 0.229 e. The molecular weight excluding hydrogens is 322 g/mol. The summed E-state index contributed by atoms with van der Waals surface area (Å²) in [5.41, 5.74) is 2.08. The minimum absolute atomic E-state index is 0.165. The van der Waals surface area contributed by atoms with Crippen LogP contribution in [-0.4, -0.2) is 27.2 Å². The summed E-state index contributed by atoms with van der Waals surface area (Å²) in [4.78, 5) is 12.4. The van der Waals surface area contributed by atoms with Gasteiger partial charge < -0.3 is 23.9 Å². The van der Waals surface area contributed by atoms with Crippen LogP contribution in [0.2, 0.25) is 0 Å². The molecule has 1 heterocycles. The molecule has 0 bridgehead atoms. The number of methoxy groups -OCH3 is 3. The summed E-state index contributed by atoms with van der Waals surface area (Å²) in [6, 6.07) is 10.7. The van der Waals surface area contributed by atoms with Gasteiger partial charge in [0, 0.05) is 23.1 Å². The molecule has 0 aliphatic carbocycles. The van der Waals surface area contributed by atoms with E-state index in [4.69, 9.17) is 18.6 Å². The van der Waals surface area contributed by atoms with E-state index in [0.29, 0.717) is 28.5 Å². The Labute approximate surface area is 145 Å². The Balaban J connectivity index is 1.77. The SMILES string of the molecule is COc1ccc(NC(=O)Cc2coc3cc(OC)ccc23)c(OC)c1. The molecule has 0 atom stereocenters. The van der Waals surface area contributed by atoms with Crippen LogP contribution < -0.4 is 19.5 Å². The Morgan fingerprint density at radius 3 is 2.44 bits per heavy atom. The van der Waals surface area contributed by atoms with Crippen molar-refractivity contribution in [3.8, 4) is 17.2 Å². The fourth-order valence-corrected chi connectivity index (χ4v) is 2.60. The molecule has 2 aromatic carbocycles. The first-order chi connectivity index (χ1) is 12.1. The molecule has 0 aliphatic heterocycles. The number of furan rings is 1. The zero-order valence-electron chi connectivity index (χ0n) is 14.3. The van der Waals surface area contributed by atoms with E-state index in [1.807, 2.05) is 12.1 Å². The molecule has 6 heteroatoms. The van der Waals surface area contributed by atoms with Gasteiger partial charge in [0.05, 0.1) is 39.7 Å². The van der Waals surface area contributed by atoms with Crippen molar-refractivity contribution in [3.05, 3.63) is 48.2 Å². The van der Waals surface area contributed by atoms with E-state index in [-0.39, 0.29) is 12.3 Å². The monoisotopic (exact) mass is 341 g/mol. The van der Waals surface area contributed by atoms with Crippen LogP contribution in [0.4, 0.5) is 5.69 Å². The van der Waals surface area contributed by atoms with E-state index in [2.05, 4.69) is 5.32 Å². The van der Waals surface area contributed by atoms with Gasteiger partial charge in [-0.1, -0.05) is 0 Å². The smallest absolute Gasteiger partial charge is 0.229 e. The van der Waals surface area contributed by atoms with Gasteiger partial charge in [-0.25, -0.2) is 0 Å². The molecule has 0 saturated carbocycles. The minimum atomic E-state index is -0.165. The zero-order valence-corrected chi connectivity index (χ0v) is 14.3. The summed E-state index contributed by atoms with van der Waals surface area (Å²) in [6.07, 6.45) is 1.78. The van der Waals surface area contributed by atoms with Gasteiger partial charge in [-0.3, -0.25) is 4.79 Å². The van der Waals surface area contributed by atoms with Crippen LogP contribution in [0.1, 0.15) is 5.56 Å². The molecule has 25 heavy (non-hydrogen) atoms. The standard InChI is InChI=1S/C19H19NO5/c1-22-13-4-6-15-12(11-25-17(15)9-13)8-19(21)20-16-7-5-14(23-2)10-18(16)24-3/h4-7,9-11H,8H2,1-3H3,(H,20,21). The van der Waals surface area contributed by atoms with Gasteiger partial charge in [-0.15, -0.1) is 0 Å². The largest absolute Gasteiger partial charge is 0.497 e. The molecule has 1 N–H and O–H groups in total. The van der Waals surface area contributed by atoms with E-state index in [1.165, 1.54) is 0 Å². The van der Waals surface area contributed by atoms with Crippen LogP contribution >= 0.6 is 0 Å². The first-order valence-electron chi connectivity index (χ1n) is 7.70. The molecule has 0 saturated heterocycles. The zero-order chi connectivity index (χ0) is 17.8. The first-order valence-corrected chi connectivity index (χ1v) is 7.70. The maximum absolute atomic E-state index is 12.4. The van der Waals surface area contributed by atoms with Crippen molar-refractivity contribution in [1.29, 1.82) is 0 Å². The number of fused-ring (bicyclic) bond motifs is 1. The third-order valence-electron chi connectivity index (χ3n) is 3.90. The molecule has 0 unspecified atom stereocenters.